The van der Waals surface area contributed by atoms with Crippen LogP contribution in [0, 0.1) is 0 Å². The van der Waals surface area contributed by atoms with Gasteiger partial charge in [0.1, 0.15) is 12.7 Å². The lowest BCUT2D eigenvalue weighted by Crippen LogP contribution is -1.98. The first kappa shape index (κ1) is 10.3. The molecule has 4 nitrogen and oxygen atoms in total. The Hall–Kier alpha value is -2.23. The average molecular weight is 212 g/mol. The SMILES string of the molecule is C=CC/C=C/c1cccc(-n2cncn2)n1. The van der Waals surface area contributed by atoms with Crippen LogP contribution in [0.1, 0.15) is 12.1 Å². The van der Waals surface area contributed by atoms with Crippen LogP contribution in [0.3, 0.4) is 0 Å². The van der Waals surface area contributed by atoms with Crippen molar-refractivity contribution >= 4 is 6.08 Å². The predicted molar refractivity (Wildman–Crippen MR) is 63.0 cm³/mol. The number of allylic oxidation sites excluding steroid dienone is 2. The molecule has 0 atom stereocenters. The second kappa shape index (κ2) is 5.02. The molecular weight excluding hydrogens is 200 g/mol. The van der Waals surface area contributed by atoms with Gasteiger partial charge in [0, 0.05) is 0 Å². The molecule has 80 valence electrons. The highest BCUT2D eigenvalue weighted by atomic mass is 15.3. The van der Waals surface area contributed by atoms with Crippen molar-refractivity contribution in [3.63, 3.8) is 0 Å². The van der Waals surface area contributed by atoms with Crippen LogP contribution in [-0.4, -0.2) is 19.7 Å². The van der Waals surface area contributed by atoms with Crippen molar-refractivity contribution in [1.82, 2.24) is 19.7 Å². The van der Waals surface area contributed by atoms with Crippen LogP contribution in [0.25, 0.3) is 11.9 Å². The second-order valence-electron chi connectivity index (χ2n) is 3.19. The Bertz CT molecular complexity index is 485. The molecule has 2 aromatic rings. The number of pyridine rings is 1. The molecule has 0 aromatic carbocycles. The number of rotatable bonds is 4. The summed E-state index contributed by atoms with van der Waals surface area (Å²) in [6.07, 6.45) is 9.77. The molecule has 16 heavy (non-hydrogen) atoms. The summed E-state index contributed by atoms with van der Waals surface area (Å²) in [5.74, 6) is 0.762. The zero-order valence-corrected chi connectivity index (χ0v) is 8.82. The largest absolute Gasteiger partial charge is 0.229 e. The van der Waals surface area contributed by atoms with Crippen LogP contribution in [0.4, 0.5) is 0 Å². The molecule has 0 aliphatic carbocycles. The fraction of sp³-hybridized carbons (Fsp3) is 0.0833. The van der Waals surface area contributed by atoms with Crippen molar-refractivity contribution in [3.05, 3.63) is 55.3 Å². The van der Waals surface area contributed by atoms with Gasteiger partial charge in [0.2, 0.25) is 0 Å². The van der Waals surface area contributed by atoms with Gasteiger partial charge >= 0.3 is 0 Å². The van der Waals surface area contributed by atoms with Gasteiger partial charge in [-0.3, -0.25) is 0 Å². The Kier molecular flexibility index (Phi) is 3.23. The van der Waals surface area contributed by atoms with E-state index in [1.807, 2.05) is 36.4 Å². The zero-order valence-electron chi connectivity index (χ0n) is 8.82. The molecule has 0 saturated heterocycles. The van der Waals surface area contributed by atoms with Gasteiger partial charge in [0.15, 0.2) is 5.82 Å². The number of nitrogens with zero attached hydrogens (tertiary/aromatic N) is 4. The third-order valence-corrected chi connectivity index (χ3v) is 2.00. The monoisotopic (exact) mass is 212 g/mol. The maximum atomic E-state index is 4.43. The number of aromatic nitrogens is 4. The van der Waals surface area contributed by atoms with E-state index in [4.69, 9.17) is 0 Å². The fourth-order valence-corrected chi connectivity index (χ4v) is 1.27. The summed E-state index contributed by atoms with van der Waals surface area (Å²) < 4.78 is 1.63. The van der Waals surface area contributed by atoms with Gasteiger partial charge in [-0.2, -0.15) is 5.10 Å². The summed E-state index contributed by atoms with van der Waals surface area (Å²) in [6, 6.07) is 5.77. The van der Waals surface area contributed by atoms with Crippen molar-refractivity contribution in [2.45, 2.75) is 6.42 Å². The highest BCUT2D eigenvalue weighted by molar-refractivity contribution is 5.46. The van der Waals surface area contributed by atoms with Crippen LogP contribution in [0.2, 0.25) is 0 Å². The van der Waals surface area contributed by atoms with E-state index in [-0.39, 0.29) is 0 Å². The van der Waals surface area contributed by atoms with Gasteiger partial charge in [-0.15, -0.1) is 6.58 Å². The molecule has 0 aliphatic rings. The lowest BCUT2D eigenvalue weighted by atomic mass is 10.3. The summed E-state index contributed by atoms with van der Waals surface area (Å²) in [5.41, 5.74) is 0.898. The Morgan fingerprint density at radius 2 is 2.31 bits per heavy atom. The average Bonchev–Trinajstić information content (AvgIpc) is 2.83. The van der Waals surface area contributed by atoms with E-state index >= 15 is 0 Å². The van der Waals surface area contributed by atoms with E-state index in [9.17, 15) is 0 Å². The molecule has 0 N–H and O–H groups in total. The Morgan fingerprint density at radius 1 is 1.38 bits per heavy atom. The highest BCUT2D eigenvalue weighted by Crippen LogP contribution is 2.05. The van der Waals surface area contributed by atoms with Crippen molar-refractivity contribution in [1.29, 1.82) is 0 Å². The molecule has 2 aromatic heterocycles. The smallest absolute Gasteiger partial charge is 0.155 e. The van der Waals surface area contributed by atoms with Crippen molar-refractivity contribution in [2.75, 3.05) is 0 Å². The van der Waals surface area contributed by atoms with E-state index in [2.05, 4.69) is 21.6 Å². The lowest BCUT2D eigenvalue weighted by molar-refractivity contribution is 0.844. The molecule has 0 saturated carbocycles. The molecule has 0 radical (unpaired) electrons. The Labute approximate surface area is 94.0 Å². The first-order valence-corrected chi connectivity index (χ1v) is 4.99. The molecule has 0 bridgehead atoms. The summed E-state index contributed by atoms with van der Waals surface area (Å²) in [4.78, 5) is 8.31. The molecule has 4 heteroatoms. The third kappa shape index (κ3) is 2.42. The molecule has 0 spiro atoms. The van der Waals surface area contributed by atoms with Crippen LogP contribution in [-0.2, 0) is 0 Å². The van der Waals surface area contributed by atoms with Crippen LogP contribution in [0.5, 0.6) is 0 Å². The predicted octanol–water partition coefficient (Wildman–Crippen LogP) is 2.25. The second-order valence-corrected chi connectivity index (χ2v) is 3.19. The number of hydrogen-bond acceptors (Lipinski definition) is 3. The maximum absolute atomic E-state index is 4.43. The van der Waals surface area contributed by atoms with Crippen molar-refractivity contribution < 1.29 is 0 Å². The number of hydrogen-bond donors (Lipinski definition) is 0. The van der Waals surface area contributed by atoms with Crippen molar-refractivity contribution in [2.24, 2.45) is 0 Å². The Morgan fingerprint density at radius 3 is 3.06 bits per heavy atom. The molecule has 2 heterocycles. The molecule has 0 fully saturated rings. The van der Waals surface area contributed by atoms with Gasteiger partial charge in [-0.1, -0.05) is 18.2 Å². The molecular formula is C12H12N4. The van der Waals surface area contributed by atoms with Gasteiger partial charge in [-0.25, -0.2) is 14.6 Å². The fourth-order valence-electron chi connectivity index (χ4n) is 1.27. The topological polar surface area (TPSA) is 43.6 Å². The first-order valence-electron chi connectivity index (χ1n) is 4.99. The van der Waals surface area contributed by atoms with Gasteiger partial charge in [-0.05, 0) is 24.6 Å². The lowest BCUT2D eigenvalue weighted by Gasteiger charge is -1.99. The zero-order chi connectivity index (χ0) is 11.2. The van der Waals surface area contributed by atoms with Crippen LogP contribution in [0.15, 0.2) is 49.6 Å². The van der Waals surface area contributed by atoms with E-state index in [1.165, 1.54) is 6.33 Å². The third-order valence-electron chi connectivity index (χ3n) is 2.00. The van der Waals surface area contributed by atoms with Gasteiger partial charge < -0.3 is 0 Å². The summed E-state index contributed by atoms with van der Waals surface area (Å²) in [7, 11) is 0. The normalized spacial score (nSPS) is 10.8. The van der Waals surface area contributed by atoms with Gasteiger partial charge in [0.05, 0.1) is 5.69 Å². The molecule has 0 aliphatic heterocycles. The van der Waals surface area contributed by atoms with E-state index in [1.54, 1.807) is 11.0 Å². The van der Waals surface area contributed by atoms with Crippen LogP contribution >= 0.6 is 0 Å². The highest BCUT2D eigenvalue weighted by Gasteiger charge is 1.97. The van der Waals surface area contributed by atoms with Gasteiger partial charge in [0.25, 0.3) is 0 Å². The standard InChI is InChI=1S/C12H12N4/c1-2-3-4-6-11-7-5-8-12(15-11)16-10-13-9-14-16/h2,4-10H,1,3H2/b6-4+. The van der Waals surface area contributed by atoms with Crippen molar-refractivity contribution in [3.8, 4) is 5.82 Å². The molecule has 2 rings (SSSR count). The maximum Gasteiger partial charge on any atom is 0.155 e. The quantitative estimate of drug-likeness (QED) is 0.730. The van der Waals surface area contributed by atoms with Crippen LogP contribution < -0.4 is 0 Å². The minimum Gasteiger partial charge on any atom is -0.229 e. The minimum absolute atomic E-state index is 0.762. The summed E-state index contributed by atoms with van der Waals surface area (Å²) >= 11 is 0. The first-order chi connectivity index (χ1) is 7.90. The summed E-state index contributed by atoms with van der Waals surface area (Å²) in [6.45, 7) is 3.66. The molecule has 0 amide bonds. The van der Waals surface area contributed by atoms with E-state index in [0.29, 0.717) is 0 Å². The minimum atomic E-state index is 0.762. The van der Waals surface area contributed by atoms with E-state index in [0.717, 1.165) is 17.9 Å². The Balaban J connectivity index is 2.23. The summed E-state index contributed by atoms with van der Waals surface area (Å²) in [5, 5.41) is 4.03. The molecule has 0 unspecified atom stereocenters. The van der Waals surface area contributed by atoms with E-state index < -0.39 is 0 Å².